The van der Waals surface area contributed by atoms with Gasteiger partial charge in [-0.15, -0.1) is 0 Å². The van der Waals surface area contributed by atoms with Crippen molar-refractivity contribution in [1.82, 2.24) is 0 Å². The molecule has 14 heavy (non-hydrogen) atoms. The third kappa shape index (κ3) is 1.44. The van der Waals surface area contributed by atoms with E-state index in [9.17, 15) is 4.39 Å². The van der Waals surface area contributed by atoms with Crippen molar-refractivity contribution in [3.05, 3.63) is 35.6 Å². The SMILES string of the molecule is COC1(c2ccccc2F)CCCC1. The summed E-state index contributed by atoms with van der Waals surface area (Å²) in [5.41, 5.74) is 0.366. The Morgan fingerprint density at radius 2 is 1.86 bits per heavy atom. The van der Waals surface area contributed by atoms with Gasteiger partial charge < -0.3 is 4.74 Å². The lowest BCUT2D eigenvalue weighted by Crippen LogP contribution is -2.25. The predicted octanol–water partition coefficient (Wildman–Crippen LogP) is 3.24. The minimum atomic E-state index is -0.356. The van der Waals surface area contributed by atoms with Crippen molar-refractivity contribution in [2.24, 2.45) is 0 Å². The Balaban J connectivity index is 2.41. The Labute approximate surface area is 83.9 Å². The summed E-state index contributed by atoms with van der Waals surface area (Å²) in [5.74, 6) is -0.142. The van der Waals surface area contributed by atoms with Crippen LogP contribution < -0.4 is 0 Å². The number of hydrogen-bond donors (Lipinski definition) is 0. The standard InChI is InChI=1S/C12H15FO/c1-14-12(8-4-5-9-12)10-6-2-3-7-11(10)13/h2-3,6-7H,4-5,8-9H2,1H3. The van der Waals surface area contributed by atoms with Gasteiger partial charge in [0.05, 0.1) is 5.60 Å². The molecule has 0 aliphatic heterocycles. The minimum Gasteiger partial charge on any atom is -0.373 e. The molecule has 0 unspecified atom stereocenters. The van der Waals surface area contributed by atoms with Gasteiger partial charge in [0.15, 0.2) is 0 Å². The first kappa shape index (κ1) is 9.66. The van der Waals surface area contributed by atoms with Gasteiger partial charge in [0.2, 0.25) is 0 Å². The van der Waals surface area contributed by atoms with Gasteiger partial charge in [-0.25, -0.2) is 4.39 Å². The van der Waals surface area contributed by atoms with Crippen LogP contribution in [0, 0.1) is 5.82 Å². The van der Waals surface area contributed by atoms with E-state index in [0.29, 0.717) is 0 Å². The van der Waals surface area contributed by atoms with Gasteiger partial charge in [-0.1, -0.05) is 31.0 Å². The second kappa shape index (κ2) is 3.70. The average molecular weight is 194 g/mol. The molecule has 0 bridgehead atoms. The maximum atomic E-state index is 13.6. The van der Waals surface area contributed by atoms with E-state index < -0.39 is 0 Å². The van der Waals surface area contributed by atoms with Gasteiger partial charge in [0, 0.05) is 12.7 Å². The highest BCUT2D eigenvalue weighted by Gasteiger charge is 2.37. The van der Waals surface area contributed by atoms with Gasteiger partial charge >= 0.3 is 0 Å². The third-order valence-electron chi connectivity index (χ3n) is 3.17. The van der Waals surface area contributed by atoms with Crippen molar-refractivity contribution >= 4 is 0 Å². The lowest BCUT2D eigenvalue weighted by atomic mass is 9.91. The van der Waals surface area contributed by atoms with E-state index in [0.717, 1.165) is 31.2 Å². The molecule has 2 rings (SSSR count). The number of halogens is 1. The Kier molecular flexibility index (Phi) is 2.55. The molecule has 1 aliphatic carbocycles. The van der Waals surface area contributed by atoms with Crippen LogP contribution in [-0.2, 0) is 10.3 Å². The van der Waals surface area contributed by atoms with Gasteiger partial charge in [0.25, 0.3) is 0 Å². The van der Waals surface area contributed by atoms with Crippen molar-refractivity contribution < 1.29 is 9.13 Å². The number of ether oxygens (including phenoxy) is 1. The molecule has 1 fully saturated rings. The molecule has 2 heteroatoms. The zero-order valence-corrected chi connectivity index (χ0v) is 8.42. The van der Waals surface area contributed by atoms with E-state index in [4.69, 9.17) is 4.74 Å². The maximum absolute atomic E-state index is 13.6. The Bertz CT molecular complexity index is 316. The molecule has 0 aromatic heterocycles. The summed E-state index contributed by atoms with van der Waals surface area (Å²) in [5, 5.41) is 0. The third-order valence-corrected chi connectivity index (χ3v) is 3.17. The van der Waals surface area contributed by atoms with E-state index in [2.05, 4.69) is 0 Å². The monoisotopic (exact) mass is 194 g/mol. The first-order valence-electron chi connectivity index (χ1n) is 5.09. The van der Waals surface area contributed by atoms with E-state index in [1.807, 2.05) is 12.1 Å². The second-order valence-electron chi connectivity index (χ2n) is 3.89. The average Bonchev–Trinajstić information content (AvgIpc) is 2.68. The predicted molar refractivity (Wildman–Crippen MR) is 53.6 cm³/mol. The topological polar surface area (TPSA) is 9.23 Å². The molecule has 0 N–H and O–H groups in total. The summed E-state index contributed by atoms with van der Waals surface area (Å²) in [6, 6.07) is 6.94. The fourth-order valence-electron chi connectivity index (χ4n) is 2.36. The molecule has 1 saturated carbocycles. The van der Waals surface area contributed by atoms with E-state index in [1.54, 1.807) is 13.2 Å². The first-order chi connectivity index (χ1) is 6.78. The lowest BCUT2D eigenvalue weighted by Gasteiger charge is -2.28. The molecular weight excluding hydrogens is 179 g/mol. The normalized spacial score (nSPS) is 19.9. The molecule has 0 spiro atoms. The maximum Gasteiger partial charge on any atom is 0.129 e. The van der Waals surface area contributed by atoms with Gasteiger partial charge in [0.1, 0.15) is 5.82 Å². The van der Waals surface area contributed by atoms with Crippen LogP contribution in [0.25, 0.3) is 0 Å². The summed E-state index contributed by atoms with van der Waals surface area (Å²) < 4.78 is 19.1. The zero-order valence-electron chi connectivity index (χ0n) is 8.42. The molecule has 76 valence electrons. The van der Waals surface area contributed by atoms with Crippen LogP contribution in [-0.4, -0.2) is 7.11 Å². The molecule has 1 nitrogen and oxygen atoms in total. The summed E-state index contributed by atoms with van der Waals surface area (Å²) in [4.78, 5) is 0. The van der Waals surface area contributed by atoms with Gasteiger partial charge in [-0.05, 0) is 18.9 Å². The van der Waals surface area contributed by atoms with Crippen molar-refractivity contribution in [3.63, 3.8) is 0 Å². The highest BCUT2D eigenvalue weighted by molar-refractivity contribution is 5.25. The minimum absolute atomic E-state index is 0.142. The molecule has 1 aromatic rings. The van der Waals surface area contributed by atoms with Crippen molar-refractivity contribution in [3.8, 4) is 0 Å². The van der Waals surface area contributed by atoms with Crippen LogP contribution in [0.2, 0.25) is 0 Å². The fraction of sp³-hybridized carbons (Fsp3) is 0.500. The molecule has 0 heterocycles. The zero-order chi connectivity index (χ0) is 10.0. The Hall–Kier alpha value is -0.890. The smallest absolute Gasteiger partial charge is 0.129 e. The van der Waals surface area contributed by atoms with E-state index in [-0.39, 0.29) is 11.4 Å². The number of rotatable bonds is 2. The molecule has 0 amide bonds. The van der Waals surface area contributed by atoms with Crippen molar-refractivity contribution in [2.45, 2.75) is 31.3 Å². The van der Waals surface area contributed by atoms with Gasteiger partial charge in [-0.3, -0.25) is 0 Å². The molecular formula is C12H15FO. The largest absolute Gasteiger partial charge is 0.373 e. The summed E-state index contributed by atoms with van der Waals surface area (Å²) in [6.07, 6.45) is 4.12. The Morgan fingerprint density at radius 1 is 1.21 bits per heavy atom. The highest BCUT2D eigenvalue weighted by atomic mass is 19.1. The van der Waals surface area contributed by atoms with Crippen LogP contribution in [0.4, 0.5) is 4.39 Å². The van der Waals surface area contributed by atoms with Crippen LogP contribution in [0.5, 0.6) is 0 Å². The molecule has 1 aliphatic rings. The van der Waals surface area contributed by atoms with E-state index >= 15 is 0 Å². The molecule has 0 radical (unpaired) electrons. The van der Waals surface area contributed by atoms with Gasteiger partial charge in [-0.2, -0.15) is 0 Å². The Morgan fingerprint density at radius 3 is 2.43 bits per heavy atom. The highest BCUT2D eigenvalue weighted by Crippen LogP contribution is 2.42. The van der Waals surface area contributed by atoms with Crippen LogP contribution in [0.1, 0.15) is 31.2 Å². The van der Waals surface area contributed by atoms with Crippen LogP contribution in [0.3, 0.4) is 0 Å². The molecule has 1 aromatic carbocycles. The molecule has 0 atom stereocenters. The quantitative estimate of drug-likeness (QED) is 0.702. The lowest BCUT2D eigenvalue weighted by molar-refractivity contribution is -0.0115. The van der Waals surface area contributed by atoms with Crippen LogP contribution in [0.15, 0.2) is 24.3 Å². The van der Waals surface area contributed by atoms with Crippen molar-refractivity contribution in [1.29, 1.82) is 0 Å². The first-order valence-corrected chi connectivity index (χ1v) is 5.09. The van der Waals surface area contributed by atoms with Crippen molar-refractivity contribution in [2.75, 3.05) is 7.11 Å². The summed E-state index contributed by atoms with van der Waals surface area (Å²) >= 11 is 0. The summed E-state index contributed by atoms with van der Waals surface area (Å²) in [6.45, 7) is 0. The van der Waals surface area contributed by atoms with Crippen LogP contribution >= 0.6 is 0 Å². The fourth-order valence-corrected chi connectivity index (χ4v) is 2.36. The summed E-state index contributed by atoms with van der Waals surface area (Å²) in [7, 11) is 1.68. The number of benzene rings is 1. The number of hydrogen-bond acceptors (Lipinski definition) is 1. The second-order valence-corrected chi connectivity index (χ2v) is 3.89. The van der Waals surface area contributed by atoms with E-state index in [1.165, 1.54) is 6.07 Å². The molecule has 0 saturated heterocycles. The number of methoxy groups -OCH3 is 1.